The fourth-order valence-electron chi connectivity index (χ4n) is 4.47. The van der Waals surface area contributed by atoms with Crippen LogP contribution in [0.15, 0.2) is 59.3 Å². The zero-order chi connectivity index (χ0) is 30.5. The number of hydrogen-bond donors (Lipinski definition) is 3. The smallest absolute Gasteiger partial charge is 0.269 e. The Bertz CT molecular complexity index is 1590. The average Bonchev–Trinajstić information content (AvgIpc) is 3.92. The molecule has 2 fully saturated rings. The Morgan fingerprint density at radius 1 is 0.841 bits per heavy atom. The van der Waals surface area contributed by atoms with E-state index in [9.17, 15) is 20.2 Å². The van der Waals surface area contributed by atoms with Crippen molar-refractivity contribution in [3.8, 4) is 0 Å². The highest BCUT2D eigenvalue weighted by molar-refractivity contribution is 8.93. The van der Waals surface area contributed by atoms with E-state index in [4.69, 9.17) is 28.7 Å². The lowest BCUT2D eigenvalue weighted by Gasteiger charge is -2.17. The number of benzene rings is 2. The molecule has 2 aliphatic carbocycles. The molecule has 0 saturated heterocycles. The van der Waals surface area contributed by atoms with Crippen molar-refractivity contribution in [1.29, 1.82) is 0 Å². The summed E-state index contributed by atoms with van der Waals surface area (Å²) >= 11 is 8.32. The quantitative estimate of drug-likeness (QED) is 0.0850. The zero-order valence-corrected chi connectivity index (χ0v) is 27.7. The van der Waals surface area contributed by atoms with Crippen molar-refractivity contribution in [3.05, 3.63) is 112 Å². The van der Waals surface area contributed by atoms with Crippen LogP contribution >= 0.6 is 51.9 Å². The normalized spacial score (nSPS) is 15.2. The molecule has 15 heteroatoms. The molecule has 2 heterocycles. The second kappa shape index (κ2) is 15.1. The van der Waals surface area contributed by atoms with Gasteiger partial charge in [-0.15, -0.1) is 39.7 Å². The van der Waals surface area contributed by atoms with Crippen LogP contribution in [-0.2, 0) is 12.8 Å². The third-order valence-electron chi connectivity index (χ3n) is 7.18. The maximum absolute atomic E-state index is 10.7. The summed E-state index contributed by atoms with van der Waals surface area (Å²) in [5.74, 6) is 1.26. The molecule has 2 aliphatic rings. The average molecular weight is 719 g/mol. The van der Waals surface area contributed by atoms with E-state index < -0.39 is 9.85 Å². The molecule has 0 amide bonds. The van der Waals surface area contributed by atoms with E-state index in [0.717, 1.165) is 22.5 Å². The van der Waals surface area contributed by atoms with Crippen LogP contribution in [-0.4, -0.2) is 24.9 Å². The lowest BCUT2D eigenvalue weighted by atomic mass is 10.0. The molecule has 4 aromatic rings. The number of nitrogens with two attached hydrogens (primary N) is 2. The van der Waals surface area contributed by atoms with Crippen molar-refractivity contribution in [2.75, 3.05) is 0 Å². The van der Waals surface area contributed by atoms with Gasteiger partial charge in [-0.2, -0.15) is 0 Å². The fraction of sp³-hybridized carbons (Fsp3) is 0.345. The highest BCUT2D eigenvalue weighted by Gasteiger charge is 2.28. The van der Waals surface area contributed by atoms with Crippen LogP contribution in [0, 0.1) is 20.2 Å². The third kappa shape index (κ3) is 9.32. The number of aromatic nitrogens is 2. The summed E-state index contributed by atoms with van der Waals surface area (Å²) in [7, 11) is 0. The van der Waals surface area contributed by atoms with E-state index in [2.05, 4.69) is 10.3 Å². The Balaban J connectivity index is 0.000000198. The summed E-state index contributed by atoms with van der Waals surface area (Å²) in [5, 5.41) is 31.0. The molecule has 0 spiro atoms. The van der Waals surface area contributed by atoms with Crippen molar-refractivity contribution < 1.29 is 9.85 Å². The first-order valence-electron chi connectivity index (χ1n) is 13.8. The van der Waals surface area contributed by atoms with Gasteiger partial charge in [-0.3, -0.25) is 20.2 Å². The van der Waals surface area contributed by atoms with E-state index in [1.54, 1.807) is 46.9 Å². The number of non-ortho nitro benzene ring substituents is 2. The number of nitro benzene ring substituents is 2. The minimum absolute atomic E-state index is 0. The van der Waals surface area contributed by atoms with Crippen LogP contribution in [0.2, 0.25) is 0 Å². The molecule has 0 bridgehead atoms. The molecule has 44 heavy (non-hydrogen) atoms. The molecule has 2 saturated carbocycles. The Morgan fingerprint density at radius 3 is 1.70 bits per heavy atom. The minimum Gasteiger partial charge on any atom is -0.376 e. The van der Waals surface area contributed by atoms with Gasteiger partial charge in [-0.05, 0) is 61.9 Å². The van der Waals surface area contributed by atoms with Crippen LogP contribution in [0.3, 0.4) is 0 Å². The summed E-state index contributed by atoms with van der Waals surface area (Å²) in [6.07, 6.45) is 6.16. The van der Waals surface area contributed by atoms with Crippen LogP contribution in [0.4, 0.5) is 11.4 Å². The number of hydrogen-bond acceptors (Lipinski definition) is 10. The second-order valence-corrected chi connectivity index (χ2v) is 12.9. The lowest BCUT2D eigenvalue weighted by Crippen LogP contribution is -2.34. The molecule has 2 aromatic heterocycles. The predicted molar refractivity (Wildman–Crippen MR) is 182 cm³/mol. The minimum atomic E-state index is -0.406. The molecular weight excluding hydrogens is 686 g/mol. The summed E-state index contributed by atoms with van der Waals surface area (Å²) in [6.45, 7) is 0. The maximum Gasteiger partial charge on any atom is 0.269 e. The van der Waals surface area contributed by atoms with E-state index in [0.29, 0.717) is 24.7 Å². The van der Waals surface area contributed by atoms with Crippen LogP contribution in [0.1, 0.15) is 82.1 Å². The monoisotopic (exact) mass is 717 g/mol. The molecule has 5 N–H and O–H groups in total. The molecule has 0 aliphatic heterocycles. The van der Waals surface area contributed by atoms with Crippen molar-refractivity contribution in [1.82, 2.24) is 15.3 Å². The number of rotatable bonds is 11. The van der Waals surface area contributed by atoms with Crippen molar-refractivity contribution >= 4 is 68.4 Å². The summed E-state index contributed by atoms with van der Waals surface area (Å²) in [6, 6.07) is 12.8. The Morgan fingerprint density at radius 2 is 1.27 bits per heavy atom. The number of nitrogens with zero attached hydrogens (tertiary/aromatic N) is 4. The zero-order valence-electron chi connectivity index (χ0n) is 23.5. The number of thiocarbonyl (C=S) groups is 1. The molecule has 0 radical (unpaired) electrons. The molecule has 1 unspecified atom stereocenters. The summed E-state index contributed by atoms with van der Waals surface area (Å²) < 4.78 is 0. The largest absolute Gasteiger partial charge is 0.376 e. The summed E-state index contributed by atoms with van der Waals surface area (Å²) in [5.41, 5.74) is 15.8. The van der Waals surface area contributed by atoms with Gasteiger partial charge in [0.05, 0.1) is 43.3 Å². The molecule has 6 rings (SSSR count). The Hall–Kier alpha value is -3.37. The van der Waals surface area contributed by atoms with Gasteiger partial charge >= 0.3 is 0 Å². The van der Waals surface area contributed by atoms with E-state index in [-0.39, 0.29) is 45.6 Å². The van der Waals surface area contributed by atoms with Gasteiger partial charge in [0.25, 0.3) is 11.4 Å². The lowest BCUT2D eigenvalue weighted by molar-refractivity contribution is -0.385. The first-order chi connectivity index (χ1) is 20.7. The van der Waals surface area contributed by atoms with Gasteiger partial charge in [0.1, 0.15) is 0 Å². The standard InChI is InChI=1S/C15H16N4O2S2.C14H15N3O2S.BrH/c16-15(22)18-12(13-8-23-14(17-13)10-3-4-10)7-9-1-5-11(6-2-9)19(20)21;15-12(13-8-20-14(16-13)10-3-4-10)7-9-1-5-11(6-2-9)17(18)19;/h1-2,5-6,8,10,12H,3-4,7H2,(H3,16,18,22);1-2,5-6,8,10,12H,3-4,7,15H2;1H/t12-;;/m0../s1. The van der Waals surface area contributed by atoms with Gasteiger partial charge in [0.15, 0.2) is 5.11 Å². The Kier molecular flexibility index (Phi) is 11.5. The molecule has 11 nitrogen and oxygen atoms in total. The topological polar surface area (TPSA) is 176 Å². The van der Waals surface area contributed by atoms with E-state index >= 15 is 0 Å². The Labute approximate surface area is 278 Å². The van der Waals surface area contributed by atoms with Crippen LogP contribution < -0.4 is 16.8 Å². The van der Waals surface area contributed by atoms with Crippen molar-refractivity contribution in [2.45, 2.75) is 62.4 Å². The van der Waals surface area contributed by atoms with Gasteiger partial charge in [0, 0.05) is 46.9 Å². The van der Waals surface area contributed by atoms with Crippen molar-refractivity contribution in [3.63, 3.8) is 0 Å². The number of thiazole rings is 2. The predicted octanol–water partition coefficient (Wildman–Crippen LogP) is 6.79. The SMILES string of the molecule is Br.NC(=S)N[C@@H](Cc1ccc([N+](=O)[O-])cc1)c1csc(C2CC2)n1.NC(Cc1ccc([N+](=O)[O-])cc1)c1csc(C2CC2)n1. The molecule has 2 atom stereocenters. The van der Waals surface area contributed by atoms with Crippen molar-refractivity contribution in [2.24, 2.45) is 11.5 Å². The van der Waals surface area contributed by atoms with Crippen LogP contribution in [0.25, 0.3) is 0 Å². The number of halogens is 1. The molecule has 2 aromatic carbocycles. The second-order valence-electron chi connectivity index (χ2n) is 10.7. The van der Waals surface area contributed by atoms with Gasteiger partial charge in [0.2, 0.25) is 0 Å². The van der Waals surface area contributed by atoms with E-state index in [1.165, 1.54) is 60.0 Å². The van der Waals surface area contributed by atoms with Crippen LogP contribution in [0.5, 0.6) is 0 Å². The van der Waals surface area contributed by atoms with Gasteiger partial charge in [-0.1, -0.05) is 24.3 Å². The van der Waals surface area contributed by atoms with Gasteiger partial charge in [-0.25, -0.2) is 9.97 Å². The fourth-order valence-corrected chi connectivity index (χ4v) is 6.71. The maximum atomic E-state index is 10.7. The third-order valence-corrected chi connectivity index (χ3v) is 9.34. The number of nitro groups is 2. The molecular formula is C29H32BrN7O4S3. The first-order valence-corrected chi connectivity index (χ1v) is 16.0. The summed E-state index contributed by atoms with van der Waals surface area (Å²) in [4.78, 5) is 29.8. The highest BCUT2D eigenvalue weighted by atomic mass is 79.9. The first kappa shape index (κ1) is 33.5. The van der Waals surface area contributed by atoms with Gasteiger partial charge < -0.3 is 16.8 Å². The highest BCUT2D eigenvalue weighted by Crippen LogP contribution is 2.42. The number of nitrogens with one attached hydrogen (secondary N) is 1. The van der Waals surface area contributed by atoms with E-state index in [1.807, 2.05) is 10.8 Å². The molecule has 232 valence electrons.